The number of halogens is 1. The van der Waals surface area contributed by atoms with Crippen molar-refractivity contribution in [2.24, 2.45) is 0 Å². The van der Waals surface area contributed by atoms with E-state index in [2.05, 4.69) is 231 Å². The molecule has 656 valence electrons. The van der Waals surface area contributed by atoms with Crippen molar-refractivity contribution in [2.45, 2.75) is 295 Å². The van der Waals surface area contributed by atoms with Crippen LogP contribution in [0.2, 0.25) is 0 Å². The third kappa shape index (κ3) is 39.3. The van der Waals surface area contributed by atoms with Crippen LogP contribution in [0.1, 0.15) is 275 Å². The van der Waals surface area contributed by atoms with Crippen LogP contribution in [-0.2, 0) is 32.5 Å². The predicted octanol–water partition coefficient (Wildman–Crippen LogP) is 32.2. The molecule has 6 rings (SSSR count). The third-order valence-electron chi connectivity index (χ3n) is 22.0. The summed E-state index contributed by atoms with van der Waals surface area (Å²) in [4.78, 5) is 0.769. The molecule has 0 bridgehead atoms. The van der Waals surface area contributed by atoms with Gasteiger partial charge in [0, 0.05) is 38.0 Å². The van der Waals surface area contributed by atoms with Gasteiger partial charge in [0.1, 0.15) is 23.0 Å². The molecule has 0 spiro atoms. The Bertz CT molecular complexity index is 4860. The van der Waals surface area contributed by atoms with Gasteiger partial charge in [0.05, 0.1) is 49.2 Å². The maximum absolute atomic E-state index is 14.0. The summed E-state index contributed by atoms with van der Waals surface area (Å²) in [5.41, 5.74) is 23.5. The number of fused-ring (bicyclic) bond motifs is 2. The van der Waals surface area contributed by atoms with Gasteiger partial charge in [0.25, 0.3) is 0 Å². The highest BCUT2D eigenvalue weighted by molar-refractivity contribution is 9.09. The molecule has 11 heteroatoms. The Kier molecular flexibility index (Phi) is 51.2. The molecule has 0 saturated carbocycles. The average molecular weight is 1740 g/mol. The minimum Gasteiger partial charge on any atom is -0.496 e. The molecule has 0 radical (unpaired) electrons. The van der Waals surface area contributed by atoms with E-state index in [1.807, 2.05) is 55.5 Å². The van der Waals surface area contributed by atoms with Gasteiger partial charge in [0.2, 0.25) is 0 Å². The van der Waals surface area contributed by atoms with Crippen molar-refractivity contribution in [2.75, 3.05) is 39.5 Å². The molecule has 0 saturated heterocycles. The Hall–Kier alpha value is -8.22. The lowest BCUT2D eigenvalue weighted by Gasteiger charge is -2.18. The Balaban J connectivity index is 0.000000513. The number of sulfone groups is 2. The molecule has 1 unspecified atom stereocenters. The molecule has 6 aromatic rings. The van der Waals surface area contributed by atoms with Gasteiger partial charge in [-0.25, -0.2) is 16.8 Å². The number of hydrogen-bond donors (Lipinski definition) is 0. The van der Waals surface area contributed by atoms with Crippen LogP contribution >= 0.6 is 15.9 Å². The van der Waals surface area contributed by atoms with E-state index in [9.17, 15) is 16.8 Å². The lowest BCUT2D eigenvalue weighted by molar-refractivity contribution is 0.404. The highest BCUT2D eigenvalue weighted by Gasteiger charge is 2.27. The first kappa shape index (κ1) is 106. The summed E-state index contributed by atoms with van der Waals surface area (Å²) in [6, 6.07) is 34.1. The standard InChI is InChI=1S/C54H74O4S.C31H46O2S.C23H29BrO2.CH4/c1-40(2)22-17-23-41(3)24-18-25-42(4)26-19-27-43(5)28-20-30-45(7)38-49(59(55,56)48-32-13-12-14-33-48)39-46(8)31-21-29-44(6)36-37-50-47(9)53(57-10)51-34-15-16-35-52(51)54(50)58-11;1-26(2)14-10-15-27(3)16-11-17-28(4)18-12-19-29(5)20-13-21-30(6)24-25-34(32,33)31-22-8-7-9-23-31;1-16(9-8-10-17(2)15-24)13-14-19-18(3)22(25-4)20-11-6-7-12-21(20)23(19)26-5;/h12-16,22,24,26,28,31-36,38,49H,17-21,23,25,27,29-30,37,39H2,1-11H3;7-9,14,16,18,20,22-24H,10-13,15,17,19,21,25H2,1-6H3;6-7,10-13H,8-9,14-15H2,1-5H3;1H4/b41-24+,42-26+,43-28+,44-36+,45-38+,46-31+;27-16+,28-18+,29-20+,30-24+;16-13+,17-10+;. The molecule has 1 atom stereocenters. The Morgan fingerprint density at radius 1 is 0.317 bits per heavy atom. The molecule has 0 aliphatic carbocycles. The molecule has 8 nitrogen and oxygen atoms in total. The van der Waals surface area contributed by atoms with Crippen molar-refractivity contribution in [3.8, 4) is 23.0 Å². The second-order valence-corrected chi connectivity index (χ2v) is 37.9. The van der Waals surface area contributed by atoms with Crippen LogP contribution in [0.5, 0.6) is 23.0 Å². The zero-order valence-corrected chi connectivity index (χ0v) is 80.4. The van der Waals surface area contributed by atoms with E-state index >= 15 is 0 Å². The van der Waals surface area contributed by atoms with Gasteiger partial charge < -0.3 is 18.9 Å². The summed E-state index contributed by atoms with van der Waals surface area (Å²) in [6.07, 6.45) is 54.7. The van der Waals surface area contributed by atoms with Crippen LogP contribution in [0, 0.1) is 13.8 Å². The normalized spacial score (nSPS) is 13.6. The Morgan fingerprint density at radius 2 is 0.575 bits per heavy atom. The fourth-order valence-electron chi connectivity index (χ4n) is 14.5. The SMILES string of the molecule is C.CC(C)=CCC/C(C)=C/CC/C(C)=C/CC/C(C)=C/CC/C(C)=C/CS(=O)(=O)c1ccccc1.COc1c(C)c(C/C=C(\C)CC/C=C(\C)CBr)c(OC)c2ccccc12.COc1c(C)c(C/C=C(\C)CC/C=C(\C)CC(/C=C(\C)CC/C=C(\C)CC/C=C(\C)CC/C=C(\C)CCC=C(C)C)S(=O)(=O)c2ccccc2)c(OC)c2ccccc12. The quantitative estimate of drug-likeness (QED) is 0.0275. The number of methoxy groups -OCH3 is 4. The molecule has 0 fully saturated rings. The zero-order chi connectivity index (χ0) is 87.9. The van der Waals surface area contributed by atoms with Crippen LogP contribution in [0.3, 0.4) is 0 Å². The van der Waals surface area contributed by atoms with Gasteiger partial charge in [0.15, 0.2) is 19.7 Å². The summed E-state index contributed by atoms with van der Waals surface area (Å²) in [5, 5.41) is 4.64. The van der Waals surface area contributed by atoms with E-state index in [1.165, 1.54) is 66.9 Å². The smallest absolute Gasteiger partial charge is 0.185 e. The van der Waals surface area contributed by atoms with Crippen LogP contribution in [0.25, 0.3) is 21.5 Å². The minimum absolute atomic E-state index is 0. The van der Waals surface area contributed by atoms with Crippen LogP contribution in [0.15, 0.2) is 282 Å². The van der Waals surface area contributed by atoms with Gasteiger partial charge in [-0.15, -0.1) is 0 Å². The summed E-state index contributed by atoms with van der Waals surface area (Å²) < 4.78 is 76.1. The van der Waals surface area contributed by atoms with E-state index in [0.717, 1.165) is 225 Å². The Morgan fingerprint density at radius 3 is 0.883 bits per heavy atom. The number of rotatable bonds is 47. The minimum atomic E-state index is -3.56. The summed E-state index contributed by atoms with van der Waals surface area (Å²) in [5.74, 6) is 3.76. The van der Waals surface area contributed by atoms with Crippen molar-refractivity contribution in [1.29, 1.82) is 0 Å². The van der Waals surface area contributed by atoms with E-state index in [-0.39, 0.29) is 13.2 Å². The Labute approximate surface area is 739 Å². The molecule has 0 aliphatic heterocycles. The fourth-order valence-corrected chi connectivity index (χ4v) is 17.8. The fraction of sp³-hybridized carbons (Fsp3) is 0.450. The van der Waals surface area contributed by atoms with Crippen molar-refractivity contribution in [1.82, 2.24) is 0 Å². The molecular formula is C109H153BrO8S2. The molecule has 0 amide bonds. The van der Waals surface area contributed by atoms with Gasteiger partial charge in [-0.1, -0.05) is 271 Å². The largest absolute Gasteiger partial charge is 0.496 e. The number of hydrogen-bond acceptors (Lipinski definition) is 8. The van der Waals surface area contributed by atoms with Crippen molar-refractivity contribution >= 4 is 57.1 Å². The molecular weight excluding hydrogens is 1580 g/mol. The maximum atomic E-state index is 14.0. The topological polar surface area (TPSA) is 105 Å². The monoisotopic (exact) mass is 1730 g/mol. The lowest BCUT2D eigenvalue weighted by atomic mass is 9.95. The van der Waals surface area contributed by atoms with Gasteiger partial charge in [-0.2, -0.15) is 0 Å². The number of allylic oxidation sites excluding steroid dienone is 26. The molecule has 0 aromatic heterocycles. The highest BCUT2D eigenvalue weighted by Crippen LogP contribution is 2.43. The molecule has 0 heterocycles. The van der Waals surface area contributed by atoms with Crippen LogP contribution < -0.4 is 18.9 Å². The first-order valence-electron chi connectivity index (χ1n) is 43.3. The maximum Gasteiger partial charge on any atom is 0.185 e. The van der Waals surface area contributed by atoms with Crippen LogP contribution in [0.4, 0.5) is 0 Å². The zero-order valence-electron chi connectivity index (χ0n) is 77.2. The van der Waals surface area contributed by atoms with E-state index in [1.54, 1.807) is 77.0 Å². The van der Waals surface area contributed by atoms with Crippen LogP contribution in [-0.4, -0.2) is 61.6 Å². The predicted molar refractivity (Wildman–Crippen MR) is 528 cm³/mol. The second-order valence-electron chi connectivity index (χ2n) is 33.2. The van der Waals surface area contributed by atoms with Crippen molar-refractivity contribution in [3.05, 3.63) is 295 Å². The number of ether oxygens (including phenoxy) is 4. The van der Waals surface area contributed by atoms with Gasteiger partial charge >= 0.3 is 0 Å². The summed E-state index contributed by atoms with van der Waals surface area (Å²) >= 11 is 3.49. The van der Waals surface area contributed by atoms with Gasteiger partial charge in [-0.05, 0) is 308 Å². The second kappa shape index (κ2) is 58.0. The summed E-state index contributed by atoms with van der Waals surface area (Å²) in [7, 11) is 0.151. The average Bonchev–Trinajstić information content (AvgIpc) is 0.774. The lowest BCUT2D eigenvalue weighted by Crippen LogP contribution is -2.20. The van der Waals surface area contributed by atoms with Gasteiger partial charge in [-0.3, -0.25) is 0 Å². The van der Waals surface area contributed by atoms with E-state index in [4.69, 9.17) is 18.9 Å². The summed E-state index contributed by atoms with van der Waals surface area (Å²) in [6.45, 7) is 38.9. The molecule has 0 aliphatic rings. The number of alkyl halides is 1. The van der Waals surface area contributed by atoms with E-state index in [0.29, 0.717) is 16.2 Å². The molecule has 0 N–H and O–H groups in total. The first-order valence-corrected chi connectivity index (χ1v) is 47.7. The number of benzene rings is 6. The van der Waals surface area contributed by atoms with Crippen molar-refractivity contribution in [3.63, 3.8) is 0 Å². The third-order valence-corrected chi connectivity index (χ3v) is 26.5. The molecule has 120 heavy (non-hydrogen) atoms. The van der Waals surface area contributed by atoms with E-state index < -0.39 is 24.9 Å². The van der Waals surface area contributed by atoms with Crippen molar-refractivity contribution < 1.29 is 35.8 Å². The first-order chi connectivity index (χ1) is 56.8. The highest BCUT2D eigenvalue weighted by atomic mass is 79.9. The molecule has 6 aromatic carbocycles.